The van der Waals surface area contributed by atoms with Crippen LogP contribution in [0.4, 0.5) is 0 Å². The van der Waals surface area contributed by atoms with Crippen LogP contribution in [0.25, 0.3) is 0 Å². The second-order valence-electron chi connectivity index (χ2n) is 9.28. The number of amides is 1. The molecule has 0 heterocycles. The second kappa shape index (κ2) is 15.4. The lowest BCUT2D eigenvalue weighted by atomic mass is 10.00. The van der Waals surface area contributed by atoms with Gasteiger partial charge in [0.05, 0.1) is 17.9 Å². The number of carbonyl (C=O) groups is 1. The number of hydrogen-bond acceptors (Lipinski definition) is 5. The van der Waals surface area contributed by atoms with Crippen molar-refractivity contribution in [3.63, 3.8) is 0 Å². The van der Waals surface area contributed by atoms with E-state index in [9.17, 15) is 18.3 Å². The van der Waals surface area contributed by atoms with Gasteiger partial charge in [0.15, 0.2) is 0 Å². The molecule has 0 saturated heterocycles. The summed E-state index contributed by atoms with van der Waals surface area (Å²) in [5, 5.41) is 16.9. The molecule has 7 nitrogen and oxygen atoms in total. The van der Waals surface area contributed by atoms with E-state index >= 15 is 0 Å². The highest BCUT2D eigenvalue weighted by atomic mass is 32.2. The zero-order valence-electron chi connectivity index (χ0n) is 21.1. The summed E-state index contributed by atoms with van der Waals surface area (Å²) in [4.78, 5) is 12.7. The van der Waals surface area contributed by atoms with Gasteiger partial charge in [-0.2, -0.15) is 0 Å². The quantitative estimate of drug-likeness (QED) is 0.296. The molecule has 0 aromatic heterocycles. The number of aliphatic hydroxyl groups excluding tert-OH is 1. The second-order valence-corrected chi connectivity index (χ2v) is 11.4. The molecule has 0 spiro atoms. The van der Waals surface area contributed by atoms with Crippen LogP contribution in [0.1, 0.15) is 64.5 Å². The van der Waals surface area contributed by atoms with Crippen molar-refractivity contribution in [1.82, 2.24) is 14.9 Å². The highest BCUT2D eigenvalue weighted by molar-refractivity contribution is 7.89. The summed E-state index contributed by atoms with van der Waals surface area (Å²) in [6.45, 7) is 12.3. The standard InChI is InChI=1S/C25H45N3O4S/c1-6-15-28(16-7-2)33(31,32)17-13-25(30)27-23(18-22-10-8-21(5)9-11-22)24(29)19-26-14-12-20(3)4/h8-11,20,23-24,26,29H,6-7,12-19H2,1-5H3,(H,27,30)/t23-,24-/m1/s1. The summed E-state index contributed by atoms with van der Waals surface area (Å²) in [5.74, 6) is -0.0109. The fourth-order valence-corrected chi connectivity index (χ4v) is 5.19. The van der Waals surface area contributed by atoms with Crippen molar-refractivity contribution in [2.45, 2.75) is 78.9 Å². The van der Waals surface area contributed by atoms with Gasteiger partial charge in [-0.3, -0.25) is 4.79 Å². The Morgan fingerprint density at radius 3 is 2.24 bits per heavy atom. The number of hydrogen-bond donors (Lipinski definition) is 3. The van der Waals surface area contributed by atoms with E-state index in [0.29, 0.717) is 32.0 Å². The van der Waals surface area contributed by atoms with Crippen molar-refractivity contribution < 1.29 is 18.3 Å². The summed E-state index contributed by atoms with van der Waals surface area (Å²) >= 11 is 0. The van der Waals surface area contributed by atoms with Gasteiger partial charge >= 0.3 is 0 Å². The van der Waals surface area contributed by atoms with Crippen LogP contribution in [-0.2, 0) is 21.2 Å². The first kappa shape index (κ1) is 29.6. The number of carbonyl (C=O) groups excluding carboxylic acids is 1. The van der Waals surface area contributed by atoms with E-state index in [-0.39, 0.29) is 18.1 Å². The maximum absolute atomic E-state index is 12.7. The molecule has 33 heavy (non-hydrogen) atoms. The predicted molar refractivity (Wildman–Crippen MR) is 136 cm³/mol. The van der Waals surface area contributed by atoms with E-state index in [1.165, 1.54) is 4.31 Å². The van der Waals surface area contributed by atoms with E-state index in [1.807, 2.05) is 45.0 Å². The maximum atomic E-state index is 12.7. The lowest BCUT2D eigenvalue weighted by Crippen LogP contribution is -2.49. The van der Waals surface area contributed by atoms with Crippen LogP contribution in [0.3, 0.4) is 0 Å². The minimum Gasteiger partial charge on any atom is -0.390 e. The van der Waals surface area contributed by atoms with Crippen molar-refractivity contribution in [1.29, 1.82) is 0 Å². The molecule has 0 aliphatic heterocycles. The molecule has 0 radical (unpaired) electrons. The van der Waals surface area contributed by atoms with Crippen LogP contribution in [0.2, 0.25) is 0 Å². The van der Waals surface area contributed by atoms with Crippen molar-refractivity contribution in [3.8, 4) is 0 Å². The monoisotopic (exact) mass is 483 g/mol. The Bertz CT molecular complexity index is 775. The van der Waals surface area contributed by atoms with Gasteiger partial charge in [-0.25, -0.2) is 12.7 Å². The van der Waals surface area contributed by atoms with Crippen LogP contribution in [0.5, 0.6) is 0 Å². The van der Waals surface area contributed by atoms with E-state index < -0.39 is 22.2 Å². The summed E-state index contributed by atoms with van der Waals surface area (Å²) in [5.41, 5.74) is 2.15. The first-order chi connectivity index (χ1) is 15.6. The highest BCUT2D eigenvalue weighted by Crippen LogP contribution is 2.10. The first-order valence-corrected chi connectivity index (χ1v) is 13.9. The van der Waals surface area contributed by atoms with Gasteiger partial charge in [0.2, 0.25) is 15.9 Å². The molecule has 0 aliphatic rings. The molecule has 0 saturated carbocycles. The third-order valence-electron chi connectivity index (χ3n) is 5.57. The van der Waals surface area contributed by atoms with E-state index in [0.717, 1.165) is 36.9 Å². The fraction of sp³-hybridized carbons (Fsp3) is 0.720. The molecule has 1 aromatic carbocycles. The Kier molecular flexibility index (Phi) is 13.8. The molecule has 1 rings (SSSR count). The Morgan fingerprint density at radius 1 is 1.09 bits per heavy atom. The van der Waals surface area contributed by atoms with Crippen molar-refractivity contribution >= 4 is 15.9 Å². The molecule has 0 bridgehead atoms. The van der Waals surface area contributed by atoms with Crippen LogP contribution >= 0.6 is 0 Å². The van der Waals surface area contributed by atoms with Crippen molar-refractivity contribution in [3.05, 3.63) is 35.4 Å². The predicted octanol–water partition coefficient (Wildman–Crippen LogP) is 2.86. The zero-order valence-corrected chi connectivity index (χ0v) is 22.0. The molecule has 2 atom stereocenters. The number of nitrogens with zero attached hydrogens (tertiary/aromatic N) is 1. The summed E-state index contributed by atoms with van der Waals surface area (Å²) in [7, 11) is -3.49. The van der Waals surface area contributed by atoms with Gasteiger partial charge in [0.1, 0.15) is 0 Å². The molecule has 190 valence electrons. The lowest BCUT2D eigenvalue weighted by molar-refractivity contribution is -0.122. The fourth-order valence-electron chi connectivity index (χ4n) is 3.56. The Morgan fingerprint density at radius 2 is 1.70 bits per heavy atom. The number of aryl methyl sites for hydroxylation is 1. The lowest BCUT2D eigenvalue weighted by Gasteiger charge is -2.25. The van der Waals surface area contributed by atoms with Crippen molar-refractivity contribution in [2.24, 2.45) is 5.92 Å². The SMILES string of the molecule is CCCN(CCC)S(=O)(=O)CCC(=O)N[C@H](Cc1ccc(C)cc1)[C@H](O)CNCCC(C)C. The molecule has 0 aliphatic carbocycles. The summed E-state index contributed by atoms with van der Waals surface area (Å²) < 4.78 is 26.8. The third-order valence-corrected chi connectivity index (χ3v) is 7.44. The van der Waals surface area contributed by atoms with Crippen LogP contribution < -0.4 is 10.6 Å². The van der Waals surface area contributed by atoms with Crippen molar-refractivity contribution in [2.75, 3.05) is 31.9 Å². The number of rotatable bonds is 17. The largest absolute Gasteiger partial charge is 0.390 e. The van der Waals surface area contributed by atoms with Gasteiger partial charge in [0.25, 0.3) is 0 Å². The molecule has 3 N–H and O–H groups in total. The third kappa shape index (κ3) is 12.0. The minimum atomic E-state index is -3.49. The topological polar surface area (TPSA) is 98.7 Å². The van der Waals surface area contributed by atoms with Gasteiger partial charge in [-0.15, -0.1) is 0 Å². The van der Waals surface area contributed by atoms with Gasteiger partial charge in [-0.1, -0.05) is 57.5 Å². The number of sulfonamides is 1. The average molecular weight is 484 g/mol. The average Bonchev–Trinajstić information content (AvgIpc) is 2.76. The molecule has 1 aromatic rings. The van der Waals surface area contributed by atoms with E-state index in [4.69, 9.17) is 0 Å². The minimum absolute atomic E-state index is 0.121. The van der Waals surface area contributed by atoms with Gasteiger partial charge in [-0.05, 0) is 50.6 Å². The zero-order chi connectivity index (χ0) is 24.9. The van der Waals surface area contributed by atoms with Crippen LogP contribution in [-0.4, -0.2) is 67.8 Å². The van der Waals surface area contributed by atoms with E-state index in [2.05, 4.69) is 24.5 Å². The normalized spacial score (nSPS) is 13.9. The Labute approximate surface area is 201 Å². The van der Waals surface area contributed by atoms with Gasteiger partial charge < -0.3 is 15.7 Å². The molecule has 8 heteroatoms. The molecule has 1 amide bonds. The molecule has 0 unspecified atom stereocenters. The summed E-state index contributed by atoms with van der Waals surface area (Å²) in [6, 6.07) is 7.49. The smallest absolute Gasteiger partial charge is 0.221 e. The molecular weight excluding hydrogens is 438 g/mol. The summed E-state index contributed by atoms with van der Waals surface area (Å²) in [6.07, 6.45) is 2.05. The Hall–Kier alpha value is -1.48. The number of benzene rings is 1. The highest BCUT2D eigenvalue weighted by Gasteiger charge is 2.25. The van der Waals surface area contributed by atoms with Crippen LogP contribution in [0.15, 0.2) is 24.3 Å². The molecule has 0 fully saturated rings. The Balaban J connectivity index is 2.77. The van der Waals surface area contributed by atoms with Gasteiger partial charge in [0, 0.05) is 26.1 Å². The molecular formula is C25H45N3O4S. The number of aliphatic hydroxyl groups is 1. The van der Waals surface area contributed by atoms with Crippen LogP contribution in [0, 0.1) is 12.8 Å². The van der Waals surface area contributed by atoms with E-state index in [1.54, 1.807) is 0 Å². The first-order valence-electron chi connectivity index (χ1n) is 12.3. The maximum Gasteiger partial charge on any atom is 0.221 e. The number of nitrogens with one attached hydrogen (secondary N) is 2.